The molecule has 0 amide bonds. The van der Waals surface area contributed by atoms with E-state index in [1.54, 1.807) is 0 Å². The van der Waals surface area contributed by atoms with Gasteiger partial charge in [0.05, 0.1) is 11.5 Å². The lowest BCUT2D eigenvalue weighted by Crippen LogP contribution is -2.46. The van der Waals surface area contributed by atoms with Gasteiger partial charge < -0.3 is 15.7 Å². The van der Waals surface area contributed by atoms with Crippen molar-refractivity contribution in [1.29, 1.82) is 0 Å². The first kappa shape index (κ1) is 24.9. The number of sulfone groups is 1. The number of aliphatic imine (C=N–C) groups is 1. The first-order chi connectivity index (χ1) is 12.5. The Balaban J connectivity index is 0.00000364. The van der Waals surface area contributed by atoms with Gasteiger partial charge in [-0.25, -0.2) is 8.42 Å². The number of rotatable bonds is 8. The highest BCUT2D eigenvalue weighted by atomic mass is 127. The second-order valence-electron chi connectivity index (χ2n) is 7.65. The first-order valence-electron chi connectivity index (χ1n) is 10.0. The van der Waals surface area contributed by atoms with E-state index < -0.39 is 9.84 Å². The predicted octanol–water partition coefficient (Wildman–Crippen LogP) is 1.22. The number of guanidine groups is 1. The molecule has 0 atom stereocenters. The lowest BCUT2D eigenvalue weighted by atomic mass is 9.72. The van der Waals surface area contributed by atoms with Gasteiger partial charge in [0.1, 0.15) is 0 Å². The molecule has 160 valence electrons. The van der Waals surface area contributed by atoms with Gasteiger partial charge in [-0.15, -0.1) is 24.0 Å². The topological polar surface area (TPSA) is 94.0 Å². The second kappa shape index (κ2) is 12.4. The molecule has 1 saturated heterocycles. The summed E-state index contributed by atoms with van der Waals surface area (Å²) in [5.41, 5.74) is 0.149. The van der Waals surface area contributed by atoms with E-state index in [1.165, 1.54) is 19.3 Å². The number of hydrogen-bond donors (Lipinski definition) is 3. The summed E-state index contributed by atoms with van der Waals surface area (Å²) in [6.07, 6.45) is 6.89. The van der Waals surface area contributed by atoms with Crippen LogP contribution in [0.5, 0.6) is 0 Å². The number of hydrogen-bond acceptors (Lipinski definition) is 5. The maximum Gasteiger partial charge on any atom is 0.191 e. The van der Waals surface area contributed by atoms with Crippen LogP contribution in [0.1, 0.15) is 45.4 Å². The van der Waals surface area contributed by atoms with Crippen LogP contribution in [0.15, 0.2) is 4.99 Å². The van der Waals surface area contributed by atoms with Crippen molar-refractivity contribution in [2.24, 2.45) is 10.4 Å². The van der Waals surface area contributed by atoms with Crippen LogP contribution in [-0.2, 0) is 9.84 Å². The van der Waals surface area contributed by atoms with Gasteiger partial charge >= 0.3 is 0 Å². The third kappa shape index (κ3) is 8.82. The first-order valence-corrected chi connectivity index (χ1v) is 11.9. The van der Waals surface area contributed by atoms with Gasteiger partial charge in [-0.1, -0.05) is 19.3 Å². The van der Waals surface area contributed by atoms with E-state index in [-0.39, 0.29) is 47.5 Å². The molecule has 0 unspecified atom stereocenters. The molecular formula is C18H37IN4O3S. The number of nitrogens with zero attached hydrogens (tertiary/aromatic N) is 2. The van der Waals surface area contributed by atoms with E-state index in [9.17, 15) is 13.5 Å². The van der Waals surface area contributed by atoms with Gasteiger partial charge in [0.15, 0.2) is 15.8 Å². The largest absolute Gasteiger partial charge is 0.396 e. The molecule has 3 N–H and O–H groups in total. The molecular weight excluding hydrogens is 479 g/mol. The van der Waals surface area contributed by atoms with Crippen molar-refractivity contribution in [3.63, 3.8) is 0 Å². The standard InChI is InChI=1S/C18H36N4O3S.HI/c1-2-19-17(20-9-10-22-11-14-26(24,25)15-12-22)21-16-18(8-13-23)6-4-3-5-7-18;/h23H,2-16H2,1H3,(H2,19,20,21);1H. The van der Waals surface area contributed by atoms with Crippen LogP contribution < -0.4 is 10.6 Å². The summed E-state index contributed by atoms with van der Waals surface area (Å²) in [6.45, 7) is 6.66. The molecule has 0 aromatic rings. The van der Waals surface area contributed by atoms with Crippen LogP contribution in [0.3, 0.4) is 0 Å². The predicted molar refractivity (Wildman–Crippen MR) is 122 cm³/mol. The molecule has 1 heterocycles. The van der Waals surface area contributed by atoms with Gasteiger partial charge in [0.25, 0.3) is 0 Å². The van der Waals surface area contributed by atoms with E-state index in [2.05, 4.69) is 22.5 Å². The highest BCUT2D eigenvalue weighted by Crippen LogP contribution is 2.39. The van der Waals surface area contributed by atoms with Crippen molar-refractivity contribution in [3.05, 3.63) is 0 Å². The molecule has 0 bridgehead atoms. The Bertz CT molecular complexity index is 531. The van der Waals surface area contributed by atoms with Crippen LogP contribution >= 0.6 is 24.0 Å². The zero-order valence-corrected chi connectivity index (χ0v) is 19.7. The molecule has 0 radical (unpaired) electrons. The maximum atomic E-state index is 11.5. The summed E-state index contributed by atoms with van der Waals surface area (Å²) in [5.74, 6) is 1.36. The Labute approximate surface area is 181 Å². The lowest BCUT2D eigenvalue weighted by Gasteiger charge is -2.35. The van der Waals surface area contributed by atoms with E-state index in [0.29, 0.717) is 13.1 Å². The van der Waals surface area contributed by atoms with Crippen LogP contribution in [0, 0.1) is 5.41 Å². The van der Waals surface area contributed by atoms with Crippen LogP contribution in [-0.4, -0.2) is 81.8 Å². The summed E-state index contributed by atoms with van der Waals surface area (Å²) < 4.78 is 23.0. The fourth-order valence-electron chi connectivity index (χ4n) is 3.92. The minimum atomic E-state index is -2.82. The molecule has 2 fully saturated rings. The Morgan fingerprint density at radius 1 is 1.15 bits per heavy atom. The van der Waals surface area contributed by atoms with Crippen molar-refractivity contribution in [3.8, 4) is 0 Å². The highest BCUT2D eigenvalue weighted by molar-refractivity contribution is 14.0. The lowest BCUT2D eigenvalue weighted by molar-refractivity contribution is 0.137. The second-order valence-corrected chi connectivity index (χ2v) is 9.95. The van der Waals surface area contributed by atoms with Gasteiger partial charge in [-0.3, -0.25) is 9.89 Å². The number of aliphatic hydroxyl groups is 1. The Morgan fingerprint density at radius 2 is 1.81 bits per heavy atom. The van der Waals surface area contributed by atoms with E-state index in [4.69, 9.17) is 4.99 Å². The normalized spacial score (nSPS) is 22.7. The molecule has 7 nitrogen and oxygen atoms in total. The SMILES string of the molecule is CCNC(=NCC1(CCO)CCCCC1)NCCN1CCS(=O)(=O)CC1.I. The van der Waals surface area contributed by atoms with Crippen LogP contribution in [0.2, 0.25) is 0 Å². The molecule has 2 rings (SSSR count). The summed E-state index contributed by atoms with van der Waals surface area (Å²) >= 11 is 0. The summed E-state index contributed by atoms with van der Waals surface area (Å²) in [7, 11) is -2.82. The van der Waals surface area contributed by atoms with Gasteiger partial charge in [-0.2, -0.15) is 0 Å². The average molecular weight is 516 g/mol. The fourth-order valence-corrected chi connectivity index (χ4v) is 5.20. The summed E-state index contributed by atoms with van der Waals surface area (Å²) in [6, 6.07) is 0. The third-order valence-corrected chi connectivity index (χ3v) is 7.24. The smallest absolute Gasteiger partial charge is 0.191 e. The molecule has 0 aromatic heterocycles. The molecule has 1 aliphatic heterocycles. The van der Waals surface area contributed by atoms with Crippen molar-refractivity contribution in [2.45, 2.75) is 45.4 Å². The third-order valence-electron chi connectivity index (χ3n) is 5.63. The van der Waals surface area contributed by atoms with Gasteiger partial charge in [0.2, 0.25) is 0 Å². The molecule has 2 aliphatic rings. The zero-order chi connectivity index (χ0) is 18.9. The fraction of sp³-hybridized carbons (Fsp3) is 0.944. The molecule has 0 spiro atoms. The van der Waals surface area contributed by atoms with Crippen molar-refractivity contribution in [2.75, 3.05) is 57.4 Å². The van der Waals surface area contributed by atoms with Crippen LogP contribution in [0.25, 0.3) is 0 Å². The quantitative estimate of drug-likeness (QED) is 0.255. The van der Waals surface area contributed by atoms with Crippen molar-refractivity contribution in [1.82, 2.24) is 15.5 Å². The van der Waals surface area contributed by atoms with Gasteiger partial charge in [-0.05, 0) is 31.6 Å². The van der Waals surface area contributed by atoms with Gasteiger partial charge in [0, 0.05) is 45.9 Å². The number of aliphatic hydroxyl groups excluding tert-OH is 1. The maximum absolute atomic E-state index is 11.5. The van der Waals surface area contributed by atoms with Crippen molar-refractivity contribution >= 4 is 39.8 Å². The Hall–Kier alpha value is -0.130. The summed E-state index contributed by atoms with van der Waals surface area (Å²) in [5, 5.41) is 16.1. The number of nitrogens with one attached hydrogen (secondary N) is 2. The average Bonchev–Trinajstić information content (AvgIpc) is 2.62. The number of halogens is 1. The Kier molecular flexibility index (Phi) is 11.5. The molecule has 27 heavy (non-hydrogen) atoms. The highest BCUT2D eigenvalue weighted by Gasteiger charge is 2.31. The van der Waals surface area contributed by atoms with E-state index >= 15 is 0 Å². The molecule has 0 aromatic carbocycles. The summed E-state index contributed by atoms with van der Waals surface area (Å²) in [4.78, 5) is 6.99. The minimum absolute atomic E-state index is 0. The zero-order valence-electron chi connectivity index (χ0n) is 16.6. The molecule has 1 saturated carbocycles. The molecule has 9 heteroatoms. The molecule has 1 aliphatic carbocycles. The van der Waals surface area contributed by atoms with Crippen molar-refractivity contribution < 1.29 is 13.5 Å². The minimum Gasteiger partial charge on any atom is -0.396 e. The Morgan fingerprint density at radius 3 is 2.41 bits per heavy atom. The van der Waals surface area contributed by atoms with E-state index in [1.807, 2.05) is 0 Å². The monoisotopic (exact) mass is 516 g/mol. The van der Waals surface area contributed by atoms with Crippen LogP contribution in [0.4, 0.5) is 0 Å². The van der Waals surface area contributed by atoms with E-state index in [0.717, 1.165) is 51.4 Å².